The van der Waals surface area contributed by atoms with Crippen LogP contribution in [0.4, 0.5) is 5.69 Å². The van der Waals surface area contributed by atoms with Gasteiger partial charge < -0.3 is 14.6 Å². The summed E-state index contributed by atoms with van der Waals surface area (Å²) in [5.41, 5.74) is 2.38. The lowest BCUT2D eigenvalue weighted by Crippen LogP contribution is -2.23. The summed E-state index contributed by atoms with van der Waals surface area (Å²) in [7, 11) is 0. The third-order valence-corrected chi connectivity index (χ3v) is 4.38. The topological polar surface area (TPSA) is 62.6 Å². The lowest BCUT2D eigenvalue weighted by atomic mass is 10.2. The molecule has 2 amide bonds. The third kappa shape index (κ3) is 3.26. The molecule has 5 nitrogen and oxygen atoms in total. The predicted molar refractivity (Wildman–Crippen MR) is 95.3 cm³/mol. The van der Waals surface area contributed by atoms with Crippen molar-refractivity contribution >= 4 is 28.5 Å². The summed E-state index contributed by atoms with van der Waals surface area (Å²) in [6.07, 6.45) is 1.55. The van der Waals surface area contributed by atoms with Gasteiger partial charge in [-0.15, -0.1) is 0 Å². The van der Waals surface area contributed by atoms with Gasteiger partial charge in [0.2, 0.25) is 5.91 Å². The molecule has 2 heterocycles. The number of para-hydroxylation sites is 1. The Morgan fingerprint density at radius 3 is 2.80 bits per heavy atom. The SMILES string of the molecule is O=C(Nc1cccc(CN2CCCC2=O)c1)c1cc2ccccc2o1. The molecule has 0 aliphatic carbocycles. The van der Waals surface area contributed by atoms with Crippen LogP contribution in [0.2, 0.25) is 0 Å². The van der Waals surface area contributed by atoms with Crippen molar-refractivity contribution in [2.45, 2.75) is 19.4 Å². The van der Waals surface area contributed by atoms with Gasteiger partial charge in [-0.3, -0.25) is 9.59 Å². The maximum atomic E-state index is 12.4. The fourth-order valence-electron chi connectivity index (χ4n) is 3.13. The molecule has 3 aromatic rings. The zero-order chi connectivity index (χ0) is 17.2. The molecule has 1 aromatic heterocycles. The van der Waals surface area contributed by atoms with Crippen molar-refractivity contribution < 1.29 is 14.0 Å². The highest BCUT2D eigenvalue weighted by atomic mass is 16.3. The molecule has 1 aliphatic heterocycles. The number of rotatable bonds is 4. The molecule has 0 saturated carbocycles. The second-order valence-corrected chi connectivity index (χ2v) is 6.22. The summed E-state index contributed by atoms with van der Waals surface area (Å²) >= 11 is 0. The lowest BCUT2D eigenvalue weighted by Gasteiger charge is -2.16. The summed E-state index contributed by atoms with van der Waals surface area (Å²) in [6, 6.07) is 16.8. The molecular formula is C20H18N2O3. The van der Waals surface area contributed by atoms with Crippen LogP contribution in [0.5, 0.6) is 0 Å². The van der Waals surface area contributed by atoms with Gasteiger partial charge in [0.05, 0.1) is 0 Å². The van der Waals surface area contributed by atoms with Gasteiger partial charge in [0, 0.05) is 30.6 Å². The van der Waals surface area contributed by atoms with Gasteiger partial charge in [-0.2, -0.15) is 0 Å². The van der Waals surface area contributed by atoms with Crippen molar-refractivity contribution in [3.05, 3.63) is 65.9 Å². The number of hydrogen-bond acceptors (Lipinski definition) is 3. The molecule has 0 unspecified atom stereocenters. The summed E-state index contributed by atoms with van der Waals surface area (Å²) < 4.78 is 5.59. The largest absolute Gasteiger partial charge is 0.451 e. The Morgan fingerprint density at radius 1 is 1.12 bits per heavy atom. The van der Waals surface area contributed by atoms with Gasteiger partial charge in [0.1, 0.15) is 5.58 Å². The molecular weight excluding hydrogens is 316 g/mol. The highest BCUT2D eigenvalue weighted by molar-refractivity contribution is 6.04. The van der Waals surface area contributed by atoms with Crippen LogP contribution < -0.4 is 5.32 Å². The summed E-state index contributed by atoms with van der Waals surface area (Å²) in [6.45, 7) is 1.38. The molecule has 5 heteroatoms. The predicted octanol–water partition coefficient (Wildman–Crippen LogP) is 3.81. The van der Waals surface area contributed by atoms with Crippen molar-refractivity contribution in [3.8, 4) is 0 Å². The van der Waals surface area contributed by atoms with Crippen molar-refractivity contribution in [2.75, 3.05) is 11.9 Å². The van der Waals surface area contributed by atoms with E-state index in [4.69, 9.17) is 4.42 Å². The molecule has 1 N–H and O–H groups in total. The minimum absolute atomic E-state index is 0.191. The number of nitrogens with zero attached hydrogens (tertiary/aromatic N) is 1. The Labute approximate surface area is 145 Å². The number of carbonyl (C=O) groups is 2. The molecule has 2 aromatic carbocycles. The van der Waals surface area contributed by atoms with E-state index >= 15 is 0 Å². The summed E-state index contributed by atoms with van der Waals surface area (Å²) in [4.78, 5) is 26.0. The first kappa shape index (κ1) is 15.4. The maximum absolute atomic E-state index is 12.4. The van der Waals surface area contributed by atoms with Gasteiger partial charge in [-0.1, -0.05) is 30.3 Å². The van der Waals surface area contributed by atoms with Crippen molar-refractivity contribution in [2.24, 2.45) is 0 Å². The van der Waals surface area contributed by atoms with E-state index in [0.29, 0.717) is 24.2 Å². The Balaban J connectivity index is 1.49. The number of nitrogens with one attached hydrogen (secondary N) is 1. The molecule has 1 saturated heterocycles. The monoisotopic (exact) mass is 334 g/mol. The van der Waals surface area contributed by atoms with E-state index in [0.717, 1.165) is 23.9 Å². The van der Waals surface area contributed by atoms with E-state index in [-0.39, 0.29) is 17.6 Å². The van der Waals surface area contributed by atoms with E-state index in [9.17, 15) is 9.59 Å². The number of carbonyl (C=O) groups excluding carboxylic acids is 2. The number of furan rings is 1. The average Bonchev–Trinajstić information content (AvgIpc) is 3.22. The molecule has 126 valence electrons. The van der Waals surface area contributed by atoms with Crippen LogP contribution in [0.1, 0.15) is 29.0 Å². The molecule has 1 aliphatic rings. The molecule has 0 radical (unpaired) electrons. The Hall–Kier alpha value is -3.08. The number of amides is 2. The van der Waals surface area contributed by atoms with Gasteiger partial charge in [-0.05, 0) is 36.2 Å². The highest BCUT2D eigenvalue weighted by Gasteiger charge is 2.20. The van der Waals surface area contributed by atoms with Crippen LogP contribution in [0.15, 0.2) is 59.0 Å². The van der Waals surface area contributed by atoms with Crippen molar-refractivity contribution in [1.29, 1.82) is 0 Å². The van der Waals surface area contributed by atoms with Crippen LogP contribution in [0, 0.1) is 0 Å². The number of anilines is 1. The van der Waals surface area contributed by atoms with Crippen LogP contribution >= 0.6 is 0 Å². The first-order chi connectivity index (χ1) is 12.2. The quantitative estimate of drug-likeness (QED) is 0.789. The van der Waals surface area contributed by atoms with Crippen molar-refractivity contribution in [3.63, 3.8) is 0 Å². The Kier molecular flexibility index (Phi) is 3.98. The summed E-state index contributed by atoms with van der Waals surface area (Å²) in [5, 5.41) is 3.76. The first-order valence-corrected chi connectivity index (χ1v) is 8.36. The van der Waals surface area contributed by atoms with Crippen molar-refractivity contribution in [1.82, 2.24) is 4.90 Å². The molecule has 1 fully saturated rings. The second-order valence-electron chi connectivity index (χ2n) is 6.22. The van der Waals surface area contributed by atoms with Crippen LogP contribution in [-0.4, -0.2) is 23.3 Å². The van der Waals surface area contributed by atoms with Gasteiger partial charge in [0.15, 0.2) is 5.76 Å². The van der Waals surface area contributed by atoms with E-state index in [1.807, 2.05) is 53.4 Å². The van der Waals surface area contributed by atoms with Crippen LogP contribution in [-0.2, 0) is 11.3 Å². The van der Waals surface area contributed by atoms with Gasteiger partial charge in [-0.25, -0.2) is 0 Å². The number of hydrogen-bond donors (Lipinski definition) is 1. The molecule has 0 atom stereocenters. The van der Waals surface area contributed by atoms with Gasteiger partial charge in [0.25, 0.3) is 5.91 Å². The number of fused-ring (bicyclic) bond motifs is 1. The fraction of sp³-hybridized carbons (Fsp3) is 0.200. The van der Waals surface area contributed by atoms with Gasteiger partial charge >= 0.3 is 0 Å². The van der Waals surface area contributed by atoms with E-state index in [2.05, 4.69) is 5.32 Å². The zero-order valence-electron chi connectivity index (χ0n) is 13.7. The molecule has 0 spiro atoms. The van der Waals surface area contributed by atoms with Crippen LogP contribution in [0.25, 0.3) is 11.0 Å². The summed E-state index contributed by atoms with van der Waals surface area (Å²) in [5.74, 6) is 0.184. The maximum Gasteiger partial charge on any atom is 0.291 e. The van der Waals surface area contributed by atoms with E-state index < -0.39 is 0 Å². The molecule has 25 heavy (non-hydrogen) atoms. The zero-order valence-corrected chi connectivity index (χ0v) is 13.7. The minimum atomic E-state index is -0.286. The average molecular weight is 334 g/mol. The third-order valence-electron chi connectivity index (χ3n) is 4.38. The molecule has 0 bridgehead atoms. The van der Waals surface area contributed by atoms with Crippen LogP contribution in [0.3, 0.4) is 0 Å². The number of likely N-dealkylation sites (tertiary alicyclic amines) is 1. The first-order valence-electron chi connectivity index (χ1n) is 8.36. The van der Waals surface area contributed by atoms with E-state index in [1.54, 1.807) is 6.07 Å². The highest BCUT2D eigenvalue weighted by Crippen LogP contribution is 2.21. The number of benzene rings is 2. The minimum Gasteiger partial charge on any atom is -0.451 e. The standard InChI is InChI=1S/C20H18N2O3/c23-19-9-4-10-22(19)13-14-5-3-7-16(11-14)21-20(24)18-12-15-6-1-2-8-17(15)25-18/h1-3,5-8,11-12H,4,9-10,13H2,(H,21,24). The lowest BCUT2D eigenvalue weighted by molar-refractivity contribution is -0.128. The second kappa shape index (κ2) is 6.43. The van der Waals surface area contributed by atoms with E-state index in [1.165, 1.54) is 0 Å². The molecule has 4 rings (SSSR count). The fourth-order valence-corrected chi connectivity index (χ4v) is 3.13. The Bertz CT molecular complexity index is 912. The smallest absolute Gasteiger partial charge is 0.291 e. The Morgan fingerprint density at radius 2 is 2.00 bits per heavy atom. The normalized spacial score (nSPS) is 14.2.